The van der Waals surface area contributed by atoms with Crippen LogP contribution >= 0.6 is 11.3 Å². The lowest BCUT2D eigenvalue weighted by Gasteiger charge is -2.34. The van der Waals surface area contributed by atoms with Crippen LogP contribution in [0.2, 0.25) is 0 Å². The Morgan fingerprint density at radius 3 is 2.63 bits per heavy atom. The molecule has 1 amide bonds. The summed E-state index contributed by atoms with van der Waals surface area (Å²) in [6, 6.07) is 17.8. The van der Waals surface area contributed by atoms with E-state index in [1.807, 2.05) is 59.5 Å². The molecule has 1 aliphatic heterocycles. The topological polar surface area (TPSA) is 62.5 Å². The molecule has 1 aromatic carbocycles. The lowest BCUT2D eigenvalue weighted by molar-refractivity contribution is -0.131. The highest BCUT2D eigenvalue weighted by Crippen LogP contribution is 2.28. The van der Waals surface area contributed by atoms with Crippen LogP contribution < -0.4 is 4.90 Å². The molecule has 0 bridgehead atoms. The van der Waals surface area contributed by atoms with Gasteiger partial charge in [-0.25, -0.2) is 9.97 Å². The van der Waals surface area contributed by atoms with Gasteiger partial charge < -0.3 is 14.2 Å². The number of thiazole rings is 1. The normalized spacial score (nSPS) is 14.4. The number of rotatable bonds is 5. The van der Waals surface area contributed by atoms with Gasteiger partial charge in [0, 0.05) is 50.8 Å². The largest absolute Gasteiger partial charge is 0.461 e. The average Bonchev–Trinajstić information content (AvgIpc) is 3.45. The van der Waals surface area contributed by atoms with E-state index in [4.69, 9.17) is 4.42 Å². The number of furan rings is 1. The number of aryl methyl sites for hydroxylation is 1. The minimum Gasteiger partial charge on any atom is -0.461 e. The molecule has 5 rings (SSSR count). The van der Waals surface area contributed by atoms with E-state index in [0.29, 0.717) is 12.8 Å². The van der Waals surface area contributed by atoms with Crippen molar-refractivity contribution >= 4 is 32.7 Å². The Labute approximate surface area is 178 Å². The molecule has 7 heteroatoms. The minimum absolute atomic E-state index is 0.179. The van der Waals surface area contributed by atoms with Gasteiger partial charge in [0.25, 0.3) is 0 Å². The van der Waals surface area contributed by atoms with Crippen molar-refractivity contribution in [1.82, 2.24) is 14.9 Å². The third-order valence-electron chi connectivity index (χ3n) is 5.36. The molecule has 4 heterocycles. The Balaban J connectivity index is 1.14. The lowest BCUT2D eigenvalue weighted by atomic mass is 10.2. The van der Waals surface area contributed by atoms with E-state index in [0.717, 1.165) is 58.7 Å². The van der Waals surface area contributed by atoms with Crippen LogP contribution in [0.3, 0.4) is 0 Å². The van der Waals surface area contributed by atoms with Crippen molar-refractivity contribution in [2.75, 3.05) is 31.1 Å². The molecule has 152 valence electrons. The molecule has 0 unspecified atom stereocenters. The van der Waals surface area contributed by atoms with Gasteiger partial charge in [-0.1, -0.05) is 41.7 Å². The summed E-state index contributed by atoms with van der Waals surface area (Å²) in [5.74, 6) is 1.87. The van der Waals surface area contributed by atoms with Crippen molar-refractivity contribution in [3.05, 3.63) is 66.6 Å². The first-order valence-electron chi connectivity index (χ1n) is 10.1. The molecule has 0 spiro atoms. The van der Waals surface area contributed by atoms with Gasteiger partial charge in [-0.3, -0.25) is 4.79 Å². The summed E-state index contributed by atoms with van der Waals surface area (Å²) in [5.41, 5.74) is 1.99. The van der Waals surface area contributed by atoms with Gasteiger partial charge in [-0.2, -0.15) is 0 Å². The van der Waals surface area contributed by atoms with Crippen LogP contribution in [0, 0.1) is 0 Å². The Bertz CT molecular complexity index is 1110. The van der Waals surface area contributed by atoms with Crippen molar-refractivity contribution in [3.8, 4) is 11.3 Å². The summed E-state index contributed by atoms with van der Waals surface area (Å²) < 4.78 is 5.92. The lowest BCUT2D eigenvalue weighted by Crippen LogP contribution is -2.48. The second-order valence-corrected chi connectivity index (χ2v) is 8.28. The Morgan fingerprint density at radius 1 is 1.00 bits per heavy atom. The molecule has 1 fully saturated rings. The Morgan fingerprint density at radius 2 is 1.83 bits per heavy atom. The van der Waals surface area contributed by atoms with Gasteiger partial charge >= 0.3 is 0 Å². The number of anilines is 1. The number of aromatic nitrogens is 2. The maximum atomic E-state index is 12.7. The van der Waals surface area contributed by atoms with Gasteiger partial charge in [-0.05, 0) is 24.3 Å². The molecule has 4 aromatic rings. The zero-order chi connectivity index (χ0) is 20.3. The Kier molecular flexibility index (Phi) is 5.19. The number of benzene rings is 1. The summed E-state index contributed by atoms with van der Waals surface area (Å²) in [6.45, 7) is 3.03. The molecule has 0 N–H and O–H groups in total. The van der Waals surface area contributed by atoms with E-state index < -0.39 is 0 Å². The minimum atomic E-state index is 0.179. The van der Waals surface area contributed by atoms with Gasteiger partial charge in [0.2, 0.25) is 5.91 Å². The Hall–Kier alpha value is -3.19. The van der Waals surface area contributed by atoms with Gasteiger partial charge in [-0.15, -0.1) is 0 Å². The number of amides is 1. The highest BCUT2D eigenvalue weighted by Gasteiger charge is 2.23. The highest BCUT2D eigenvalue weighted by molar-refractivity contribution is 7.21. The SMILES string of the molecule is O=C(CCc1ccc(-c2ccccc2)o1)N1CCN(c2nc3cccnc3s2)CC1. The molecule has 6 nitrogen and oxygen atoms in total. The maximum absolute atomic E-state index is 12.7. The van der Waals surface area contributed by atoms with Crippen LogP contribution in [0.1, 0.15) is 12.2 Å². The third kappa shape index (κ3) is 3.93. The number of nitrogens with zero attached hydrogens (tertiary/aromatic N) is 4. The van der Waals surface area contributed by atoms with Crippen molar-refractivity contribution in [1.29, 1.82) is 0 Å². The number of hydrogen-bond donors (Lipinski definition) is 0. The average molecular weight is 419 g/mol. The molecule has 0 atom stereocenters. The summed E-state index contributed by atoms with van der Waals surface area (Å²) in [5, 5.41) is 0.986. The molecule has 30 heavy (non-hydrogen) atoms. The summed E-state index contributed by atoms with van der Waals surface area (Å²) >= 11 is 1.61. The van der Waals surface area contributed by atoms with Crippen LogP contribution in [-0.4, -0.2) is 47.0 Å². The maximum Gasteiger partial charge on any atom is 0.223 e. The molecular formula is C23H22N4O2S. The van der Waals surface area contributed by atoms with E-state index in [-0.39, 0.29) is 5.91 Å². The number of hydrogen-bond acceptors (Lipinski definition) is 6. The third-order valence-corrected chi connectivity index (χ3v) is 6.40. The molecule has 3 aromatic heterocycles. The number of carbonyl (C=O) groups excluding carboxylic acids is 1. The predicted octanol–water partition coefficient (Wildman–Crippen LogP) is 4.23. The molecule has 1 saturated heterocycles. The fourth-order valence-electron chi connectivity index (χ4n) is 3.70. The van der Waals surface area contributed by atoms with Crippen LogP contribution in [0.4, 0.5) is 5.13 Å². The second-order valence-electron chi connectivity index (χ2n) is 7.32. The van der Waals surface area contributed by atoms with Crippen LogP contribution in [0.25, 0.3) is 21.7 Å². The fraction of sp³-hybridized carbons (Fsp3) is 0.261. The van der Waals surface area contributed by atoms with E-state index in [2.05, 4.69) is 14.9 Å². The fourth-order valence-corrected chi connectivity index (χ4v) is 4.66. The monoisotopic (exact) mass is 418 g/mol. The van der Waals surface area contributed by atoms with Crippen molar-refractivity contribution in [2.24, 2.45) is 0 Å². The van der Waals surface area contributed by atoms with Gasteiger partial charge in [0.05, 0.1) is 0 Å². The number of carbonyl (C=O) groups is 1. The predicted molar refractivity (Wildman–Crippen MR) is 119 cm³/mol. The molecule has 0 saturated carbocycles. The summed E-state index contributed by atoms with van der Waals surface area (Å²) in [6.07, 6.45) is 2.88. The van der Waals surface area contributed by atoms with E-state index in [1.165, 1.54) is 0 Å². The van der Waals surface area contributed by atoms with E-state index >= 15 is 0 Å². The van der Waals surface area contributed by atoms with Gasteiger partial charge in [0.15, 0.2) is 5.13 Å². The number of pyridine rings is 1. The molecule has 0 radical (unpaired) electrons. The smallest absolute Gasteiger partial charge is 0.223 e. The first kappa shape index (κ1) is 18.8. The molecule has 0 aliphatic carbocycles. The zero-order valence-corrected chi connectivity index (χ0v) is 17.3. The first-order chi connectivity index (χ1) is 14.8. The highest BCUT2D eigenvalue weighted by atomic mass is 32.1. The van der Waals surface area contributed by atoms with Crippen molar-refractivity contribution in [2.45, 2.75) is 12.8 Å². The quantitative estimate of drug-likeness (QED) is 0.485. The van der Waals surface area contributed by atoms with Crippen molar-refractivity contribution in [3.63, 3.8) is 0 Å². The van der Waals surface area contributed by atoms with Crippen molar-refractivity contribution < 1.29 is 9.21 Å². The number of piperazine rings is 1. The first-order valence-corrected chi connectivity index (χ1v) is 11.0. The zero-order valence-electron chi connectivity index (χ0n) is 16.5. The van der Waals surface area contributed by atoms with Crippen LogP contribution in [0.5, 0.6) is 0 Å². The molecular weight excluding hydrogens is 396 g/mol. The standard InChI is InChI=1S/C23H22N4O2S/c28-21(11-9-18-8-10-20(29-18)17-5-2-1-3-6-17)26-13-15-27(16-14-26)23-25-19-7-4-12-24-22(19)30-23/h1-8,10,12H,9,11,13-16H2. The van der Waals surface area contributed by atoms with Crippen LogP contribution in [-0.2, 0) is 11.2 Å². The second kappa shape index (κ2) is 8.28. The molecule has 1 aliphatic rings. The van der Waals surface area contributed by atoms with E-state index in [1.54, 1.807) is 17.5 Å². The van der Waals surface area contributed by atoms with Crippen LogP contribution in [0.15, 0.2) is 65.2 Å². The number of fused-ring (bicyclic) bond motifs is 1. The summed E-state index contributed by atoms with van der Waals surface area (Å²) in [4.78, 5) is 26.9. The summed E-state index contributed by atoms with van der Waals surface area (Å²) in [7, 11) is 0. The van der Waals surface area contributed by atoms with Gasteiger partial charge in [0.1, 0.15) is 21.9 Å². The van der Waals surface area contributed by atoms with E-state index in [9.17, 15) is 4.79 Å².